The third-order valence-electron chi connectivity index (χ3n) is 8.63. The van der Waals surface area contributed by atoms with Crippen LogP contribution in [0.4, 0.5) is 4.79 Å². The van der Waals surface area contributed by atoms with Gasteiger partial charge in [0, 0.05) is 50.7 Å². The lowest BCUT2D eigenvalue weighted by Crippen LogP contribution is -2.54. The van der Waals surface area contributed by atoms with Crippen LogP contribution in [0.3, 0.4) is 0 Å². The molecule has 1 spiro atoms. The minimum absolute atomic E-state index is 0.0507. The number of carbonyl (C=O) groups excluding carboxylic acids is 3. The molecule has 4 amide bonds. The quantitative estimate of drug-likeness (QED) is 0.347. The van der Waals surface area contributed by atoms with E-state index in [1.165, 1.54) is 48.4 Å². The molecule has 9 heteroatoms. The summed E-state index contributed by atoms with van der Waals surface area (Å²) in [5.74, 6) is -0.0507. The molecule has 0 radical (unpaired) electrons. The summed E-state index contributed by atoms with van der Waals surface area (Å²) in [6, 6.07) is 15.4. The Hall–Kier alpha value is -3.85. The van der Waals surface area contributed by atoms with Crippen molar-refractivity contribution >= 4 is 29.3 Å². The highest BCUT2D eigenvalue weighted by atomic mass is 16.2. The van der Waals surface area contributed by atoms with Gasteiger partial charge in [0.1, 0.15) is 6.04 Å². The van der Waals surface area contributed by atoms with Gasteiger partial charge in [0.15, 0.2) is 0 Å². The van der Waals surface area contributed by atoms with Gasteiger partial charge in [-0.1, -0.05) is 48.9 Å². The molecule has 0 saturated carbocycles. The molecule has 3 heterocycles. The number of rotatable bonds is 5. The Bertz CT molecular complexity index is 1310. The number of nitrogens with two attached hydrogens (primary N) is 1. The molecule has 3 aromatic rings. The fraction of sp³-hybridized carbons (Fsp3) is 0.485. The van der Waals surface area contributed by atoms with E-state index in [-0.39, 0.29) is 11.3 Å². The largest absolute Gasteiger partial charge is 0.361 e. The van der Waals surface area contributed by atoms with Gasteiger partial charge >= 0.3 is 6.03 Å². The van der Waals surface area contributed by atoms with Gasteiger partial charge in [-0.05, 0) is 79.8 Å². The van der Waals surface area contributed by atoms with Crippen molar-refractivity contribution < 1.29 is 14.4 Å². The van der Waals surface area contributed by atoms with E-state index in [1.54, 1.807) is 14.1 Å². The summed E-state index contributed by atoms with van der Waals surface area (Å²) >= 11 is 0. The first kappa shape index (κ1) is 31.1. The first-order valence-corrected chi connectivity index (χ1v) is 15.1. The number of aromatic amines is 1. The van der Waals surface area contributed by atoms with Crippen LogP contribution in [0.15, 0.2) is 54.7 Å². The number of amides is 4. The van der Waals surface area contributed by atoms with Crippen molar-refractivity contribution in [2.45, 2.75) is 62.8 Å². The molecule has 1 aromatic heterocycles. The zero-order chi connectivity index (χ0) is 30.0. The normalized spacial score (nSPS) is 17.6. The van der Waals surface area contributed by atoms with E-state index < -0.39 is 12.1 Å². The molecular formula is C33H46N6O3. The molecule has 5 N–H and O–H groups in total. The average molecular weight is 575 g/mol. The molecule has 1 atom stereocenters. The molecular weight excluding hydrogens is 528 g/mol. The summed E-state index contributed by atoms with van der Waals surface area (Å²) in [6.07, 6.45) is 11.5. The number of nitrogens with zero attached hydrogens (tertiary/aromatic N) is 2. The van der Waals surface area contributed by atoms with Crippen LogP contribution in [0.5, 0.6) is 0 Å². The lowest BCUT2D eigenvalue weighted by Gasteiger charge is -2.41. The van der Waals surface area contributed by atoms with Gasteiger partial charge in [-0.25, -0.2) is 4.79 Å². The second kappa shape index (κ2) is 14.9. The molecule has 9 nitrogen and oxygen atoms in total. The number of primary amides is 1. The molecule has 42 heavy (non-hydrogen) atoms. The maximum absolute atomic E-state index is 13.4. The molecule has 0 bridgehead atoms. The maximum Gasteiger partial charge on any atom is 0.312 e. The number of nitrogens with one attached hydrogen (secondary N) is 3. The zero-order valence-electron chi connectivity index (χ0n) is 25.0. The predicted molar refractivity (Wildman–Crippen MR) is 167 cm³/mol. The summed E-state index contributed by atoms with van der Waals surface area (Å²) in [6.45, 7) is 3.91. The van der Waals surface area contributed by atoms with Crippen molar-refractivity contribution in [3.05, 3.63) is 71.4 Å². The minimum atomic E-state index is -0.670. The number of carbonyl (C=O) groups is 3. The lowest BCUT2D eigenvalue weighted by molar-refractivity contribution is -0.134. The van der Waals surface area contributed by atoms with Gasteiger partial charge in [0.25, 0.3) is 0 Å². The van der Waals surface area contributed by atoms with Crippen molar-refractivity contribution in [2.75, 3.05) is 40.3 Å². The fourth-order valence-corrected chi connectivity index (χ4v) is 6.35. The smallest absolute Gasteiger partial charge is 0.312 e. The van der Waals surface area contributed by atoms with Gasteiger partial charge in [-0.15, -0.1) is 0 Å². The summed E-state index contributed by atoms with van der Waals surface area (Å²) in [5, 5.41) is 7.04. The number of benzene rings is 2. The van der Waals surface area contributed by atoms with Crippen LogP contribution in [0.25, 0.3) is 10.9 Å². The van der Waals surface area contributed by atoms with E-state index >= 15 is 0 Å². The highest BCUT2D eigenvalue weighted by Crippen LogP contribution is 2.46. The first-order valence-electron chi connectivity index (χ1n) is 15.1. The number of aryl methyl sites for hydroxylation is 1. The molecule has 6 rings (SSSR count). The highest BCUT2D eigenvalue weighted by molar-refractivity contribution is 5.89. The number of piperidine rings is 2. The van der Waals surface area contributed by atoms with E-state index in [1.807, 2.05) is 35.4 Å². The fourth-order valence-electron chi connectivity index (χ4n) is 6.35. The molecule has 2 aromatic carbocycles. The Morgan fingerprint density at radius 3 is 2.31 bits per heavy atom. The molecule has 226 valence electrons. The maximum atomic E-state index is 13.4. The third kappa shape index (κ3) is 7.91. The van der Waals surface area contributed by atoms with E-state index in [4.69, 9.17) is 5.73 Å². The van der Waals surface area contributed by atoms with Gasteiger partial charge in [0.2, 0.25) is 12.3 Å². The first-order chi connectivity index (χ1) is 20.3. The molecule has 1 unspecified atom stereocenters. The van der Waals surface area contributed by atoms with Crippen LogP contribution in [0, 0.1) is 0 Å². The zero-order valence-corrected chi connectivity index (χ0v) is 25.0. The van der Waals surface area contributed by atoms with Crippen molar-refractivity contribution in [1.29, 1.82) is 0 Å². The minimum Gasteiger partial charge on any atom is -0.361 e. The number of hydrogen-bond acceptors (Lipinski definition) is 4. The second-order valence-electron chi connectivity index (χ2n) is 11.8. The number of urea groups is 1. The van der Waals surface area contributed by atoms with Crippen LogP contribution in [-0.2, 0) is 27.8 Å². The summed E-state index contributed by atoms with van der Waals surface area (Å²) < 4.78 is 0. The standard InChI is InChI=1S/C25H28N4O2.C5H11N.C3H7NO/c26-24(31)28-22(15-18-16-27-21-8-4-2-6-19(18)21)23(30)29-13-11-25(12-14-29)10-9-17-5-1-3-7-20(17)25;1-2-4-6-5-3-1;1-4(2)3-5/h1-8,16,22,27H,9-15H2,(H3,26,28,31);6H,1-5H2;3H,1-2H3. The van der Waals surface area contributed by atoms with E-state index in [2.05, 4.69) is 39.9 Å². The number of H-pyrrole nitrogens is 1. The molecule has 3 aliphatic rings. The van der Waals surface area contributed by atoms with Crippen molar-refractivity contribution in [3.63, 3.8) is 0 Å². The molecule has 1 aliphatic carbocycles. The Kier molecular flexibility index (Phi) is 11.0. The highest BCUT2D eigenvalue weighted by Gasteiger charge is 2.42. The molecule has 2 aliphatic heterocycles. The van der Waals surface area contributed by atoms with Crippen molar-refractivity contribution in [3.8, 4) is 0 Å². The van der Waals surface area contributed by atoms with Crippen molar-refractivity contribution in [2.24, 2.45) is 5.73 Å². The Labute approximate surface area is 249 Å². The van der Waals surface area contributed by atoms with Gasteiger partial charge in [-0.2, -0.15) is 0 Å². The summed E-state index contributed by atoms with van der Waals surface area (Å²) in [4.78, 5) is 41.1. The Balaban J connectivity index is 0.000000311. The predicted octanol–water partition coefficient (Wildman–Crippen LogP) is 3.72. The second-order valence-corrected chi connectivity index (χ2v) is 11.8. The van der Waals surface area contributed by atoms with Crippen LogP contribution in [-0.4, -0.2) is 79.4 Å². The van der Waals surface area contributed by atoms with E-state index in [0.717, 1.165) is 48.6 Å². The number of para-hydroxylation sites is 1. The Morgan fingerprint density at radius 1 is 1.02 bits per heavy atom. The van der Waals surface area contributed by atoms with Gasteiger partial charge in [0.05, 0.1) is 0 Å². The van der Waals surface area contributed by atoms with Gasteiger partial charge in [-0.3, -0.25) is 9.59 Å². The summed E-state index contributed by atoms with van der Waals surface area (Å²) in [5.41, 5.74) is 10.5. The summed E-state index contributed by atoms with van der Waals surface area (Å²) in [7, 11) is 3.38. The number of hydrogen-bond donors (Lipinski definition) is 4. The van der Waals surface area contributed by atoms with E-state index in [9.17, 15) is 14.4 Å². The average Bonchev–Trinajstić information content (AvgIpc) is 3.60. The van der Waals surface area contributed by atoms with E-state index in [0.29, 0.717) is 19.5 Å². The number of likely N-dealkylation sites (tertiary alicyclic amines) is 1. The lowest BCUT2D eigenvalue weighted by atomic mass is 9.74. The van der Waals surface area contributed by atoms with Crippen LogP contribution >= 0.6 is 0 Å². The van der Waals surface area contributed by atoms with Crippen LogP contribution in [0.1, 0.15) is 55.2 Å². The van der Waals surface area contributed by atoms with Gasteiger partial charge < -0.3 is 31.2 Å². The number of aromatic nitrogens is 1. The SMILES string of the molecule is C1CCNCC1.CN(C)C=O.NC(=O)NC(Cc1c[nH]c2ccccc12)C(=O)N1CCC2(CCc3ccccc32)CC1. The molecule has 2 fully saturated rings. The van der Waals surface area contributed by atoms with Crippen LogP contribution < -0.4 is 16.4 Å². The van der Waals surface area contributed by atoms with Crippen LogP contribution in [0.2, 0.25) is 0 Å². The monoisotopic (exact) mass is 574 g/mol. The molecule has 2 saturated heterocycles. The number of fused-ring (bicyclic) bond motifs is 3. The topological polar surface area (TPSA) is 124 Å². The Morgan fingerprint density at radius 2 is 1.69 bits per heavy atom. The third-order valence-corrected chi connectivity index (χ3v) is 8.63. The van der Waals surface area contributed by atoms with Crippen molar-refractivity contribution in [1.82, 2.24) is 25.4 Å².